The Bertz CT molecular complexity index is 1040. The molecule has 0 amide bonds. The Morgan fingerprint density at radius 1 is 1.03 bits per heavy atom. The van der Waals surface area contributed by atoms with E-state index < -0.39 is 6.36 Å². The van der Waals surface area contributed by atoms with Gasteiger partial charge in [-0.25, -0.2) is 0 Å². The second kappa shape index (κ2) is 7.95. The third-order valence-electron chi connectivity index (χ3n) is 4.56. The average Bonchev–Trinajstić information content (AvgIpc) is 3.17. The number of rotatable bonds is 4. The fourth-order valence-corrected chi connectivity index (χ4v) is 3.33. The third-order valence-corrected chi connectivity index (χ3v) is 4.56. The summed E-state index contributed by atoms with van der Waals surface area (Å²) in [6, 6.07) is 13.5. The monoisotopic (exact) mass is 397 g/mol. The molecule has 7 heteroatoms. The van der Waals surface area contributed by atoms with E-state index in [0.717, 1.165) is 47.6 Å². The first-order valence-electron chi connectivity index (χ1n) is 9.19. The van der Waals surface area contributed by atoms with Crippen molar-refractivity contribution in [2.24, 2.45) is 4.99 Å². The lowest BCUT2D eigenvalue weighted by atomic mass is 9.96. The van der Waals surface area contributed by atoms with Crippen LogP contribution in [0.3, 0.4) is 0 Å². The summed E-state index contributed by atoms with van der Waals surface area (Å²) in [6.07, 6.45) is 4.65. The SMILES string of the molecule is FC(F)(F)Oc1ccc(-n2cccc2/C=C2\CCCN=C2c2cccnc2)cc1. The molecular formula is C22H18F3N3O. The summed E-state index contributed by atoms with van der Waals surface area (Å²) in [4.78, 5) is 8.87. The highest BCUT2D eigenvalue weighted by Gasteiger charge is 2.31. The van der Waals surface area contributed by atoms with Gasteiger partial charge < -0.3 is 9.30 Å². The summed E-state index contributed by atoms with van der Waals surface area (Å²) < 4.78 is 43.0. The number of ether oxygens (including phenoxy) is 1. The Balaban J connectivity index is 1.64. The number of allylic oxidation sites excluding steroid dienone is 1. The van der Waals surface area contributed by atoms with E-state index in [1.807, 2.05) is 35.0 Å². The summed E-state index contributed by atoms with van der Waals surface area (Å²) in [6.45, 7) is 0.781. The van der Waals surface area contributed by atoms with Crippen LogP contribution in [0.5, 0.6) is 5.75 Å². The number of hydrogen-bond donors (Lipinski definition) is 0. The standard InChI is InChI=1S/C22H18F3N3O/c23-22(24,25)29-20-9-7-18(8-10-20)28-13-3-6-19(28)14-16-4-2-12-27-21(16)17-5-1-11-26-15-17/h1,3,5-11,13-15H,2,4,12H2/b16-14+. The summed E-state index contributed by atoms with van der Waals surface area (Å²) in [5, 5.41) is 0. The van der Waals surface area contributed by atoms with Crippen molar-refractivity contribution in [1.82, 2.24) is 9.55 Å². The molecule has 0 saturated heterocycles. The topological polar surface area (TPSA) is 39.4 Å². The van der Waals surface area contributed by atoms with Gasteiger partial charge in [0.1, 0.15) is 5.75 Å². The zero-order valence-corrected chi connectivity index (χ0v) is 15.4. The molecule has 2 aromatic heterocycles. The Morgan fingerprint density at radius 3 is 2.59 bits per heavy atom. The van der Waals surface area contributed by atoms with Crippen molar-refractivity contribution in [3.05, 3.63) is 84.0 Å². The second-order valence-corrected chi connectivity index (χ2v) is 6.59. The minimum atomic E-state index is -4.70. The summed E-state index contributed by atoms with van der Waals surface area (Å²) in [7, 11) is 0. The normalized spacial score (nSPS) is 16.0. The van der Waals surface area contributed by atoms with Crippen LogP contribution in [0.4, 0.5) is 13.2 Å². The molecule has 3 aromatic rings. The molecule has 4 nitrogen and oxygen atoms in total. The lowest BCUT2D eigenvalue weighted by Gasteiger charge is -2.17. The van der Waals surface area contributed by atoms with Gasteiger partial charge in [0.25, 0.3) is 0 Å². The van der Waals surface area contributed by atoms with Crippen molar-refractivity contribution in [2.45, 2.75) is 19.2 Å². The van der Waals surface area contributed by atoms with Crippen molar-refractivity contribution in [3.8, 4) is 11.4 Å². The number of aliphatic imine (C=N–C) groups is 1. The van der Waals surface area contributed by atoms with E-state index in [9.17, 15) is 13.2 Å². The smallest absolute Gasteiger partial charge is 0.406 e. The van der Waals surface area contributed by atoms with E-state index in [1.54, 1.807) is 24.5 Å². The molecule has 1 aliphatic heterocycles. The number of halogens is 3. The number of nitrogens with zero attached hydrogens (tertiary/aromatic N) is 3. The van der Waals surface area contributed by atoms with Crippen LogP contribution in [-0.4, -0.2) is 28.2 Å². The first-order valence-corrected chi connectivity index (χ1v) is 9.19. The van der Waals surface area contributed by atoms with Crippen molar-refractivity contribution in [2.75, 3.05) is 6.54 Å². The molecule has 4 rings (SSSR count). The van der Waals surface area contributed by atoms with Gasteiger partial charge in [-0.1, -0.05) is 0 Å². The van der Waals surface area contributed by atoms with Crippen LogP contribution >= 0.6 is 0 Å². The highest BCUT2D eigenvalue weighted by atomic mass is 19.4. The molecule has 1 aromatic carbocycles. The van der Waals surface area contributed by atoms with E-state index in [2.05, 4.69) is 20.8 Å². The fraction of sp³-hybridized carbons (Fsp3) is 0.182. The third kappa shape index (κ3) is 4.56. The van der Waals surface area contributed by atoms with Crippen LogP contribution in [0.1, 0.15) is 24.1 Å². The van der Waals surface area contributed by atoms with Gasteiger partial charge in [0.15, 0.2) is 0 Å². The number of benzene rings is 1. The zero-order valence-electron chi connectivity index (χ0n) is 15.4. The number of aromatic nitrogens is 2. The van der Waals surface area contributed by atoms with Gasteiger partial charge in [0, 0.05) is 42.1 Å². The van der Waals surface area contributed by atoms with Crippen molar-refractivity contribution in [1.29, 1.82) is 0 Å². The molecule has 29 heavy (non-hydrogen) atoms. The second-order valence-electron chi connectivity index (χ2n) is 6.59. The molecular weight excluding hydrogens is 379 g/mol. The van der Waals surface area contributed by atoms with Gasteiger partial charge in [-0.3, -0.25) is 9.98 Å². The van der Waals surface area contributed by atoms with Crippen molar-refractivity contribution >= 4 is 11.8 Å². The number of pyridine rings is 1. The van der Waals surface area contributed by atoms with Gasteiger partial charge >= 0.3 is 6.36 Å². The largest absolute Gasteiger partial charge is 0.573 e. The van der Waals surface area contributed by atoms with E-state index in [0.29, 0.717) is 0 Å². The maximum Gasteiger partial charge on any atom is 0.573 e. The summed E-state index contributed by atoms with van der Waals surface area (Å²) >= 11 is 0. The molecule has 3 heterocycles. The van der Waals surface area contributed by atoms with Gasteiger partial charge in [0.05, 0.1) is 5.71 Å². The Morgan fingerprint density at radius 2 is 1.86 bits per heavy atom. The Labute approximate surface area is 166 Å². The highest BCUT2D eigenvalue weighted by molar-refractivity contribution is 6.15. The van der Waals surface area contributed by atoms with E-state index >= 15 is 0 Å². The van der Waals surface area contributed by atoms with Crippen LogP contribution in [0.25, 0.3) is 11.8 Å². The van der Waals surface area contributed by atoms with E-state index in [4.69, 9.17) is 0 Å². The van der Waals surface area contributed by atoms with Gasteiger partial charge in [-0.05, 0) is 73.0 Å². The molecule has 0 fully saturated rings. The van der Waals surface area contributed by atoms with Crippen LogP contribution in [0.15, 0.2) is 77.7 Å². The summed E-state index contributed by atoms with van der Waals surface area (Å²) in [5.41, 5.74) is 4.69. The van der Waals surface area contributed by atoms with Crippen LogP contribution in [0, 0.1) is 0 Å². The lowest BCUT2D eigenvalue weighted by molar-refractivity contribution is -0.274. The number of alkyl halides is 3. The molecule has 0 saturated carbocycles. The van der Waals surface area contributed by atoms with Crippen LogP contribution in [0.2, 0.25) is 0 Å². The molecule has 0 spiro atoms. The molecule has 0 bridgehead atoms. The quantitative estimate of drug-likeness (QED) is 0.588. The van der Waals surface area contributed by atoms with Crippen molar-refractivity contribution < 1.29 is 17.9 Å². The average molecular weight is 397 g/mol. The molecule has 0 N–H and O–H groups in total. The zero-order chi connectivity index (χ0) is 20.3. The molecule has 0 unspecified atom stereocenters. The van der Waals surface area contributed by atoms with Gasteiger partial charge in [0.2, 0.25) is 0 Å². The summed E-state index contributed by atoms with van der Waals surface area (Å²) in [5.74, 6) is -0.244. The maximum atomic E-state index is 12.4. The molecule has 148 valence electrons. The molecule has 0 radical (unpaired) electrons. The molecule has 0 atom stereocenters. The minimum absolute atomic E-state index is 0.244. The first kappa shape index (κ1) is 19.0. The first-order chi connectivity index (χ1) is 14.0. The fourth-order valence-electron chi connectivity index (χ4n) is 3.33. The maximum absolute atomic E-state index is 12.4. The van der Waals surface area contributed by atoms with Gasteiger partial charge in [-0.2, -0.15) is 0 Å². The van der Waals surface area contributed by atoms with Crippen LogP contribution in [-0.2, 0) is 0 Å². The van der Waals surface area contributed by atoms with Gasteiger partial charge in [-0.15, -0.1) is 13.2 Å². The van der Waals surface area contributed by atoms with E-state index in [1.165, 1.54) is 12.1 Å². The van der Waals surface area contributed by atoms with E-state index in [-0.39, 0.29) is 5.75 Å². The number of hydrogen-bond acceptors (Lipinski definition) is 3. The molecule has 1 aliphatic rings. The molecule has 0 aliphatic carbocycles. The lowest BCUT2D eigenvalue weighted by Crippen LogP contribution is -2.17. The predicted octanol–water partition coefficient (Wildman–Crippen LogP) is 5.44. The van der Waals surface area contributed by atoms with Crippen molar-refractivity contribution in [3.63, 3.8) is 0 Å². The minimum Gasteiger partial charge on any atom is -0.406 e. The Kier molecular flexibility index (Phi) is 5.20. The highest BCUT2D eigenvalue weighted by Crippen LogP contribution is 2.26. The predicted molar refractivity (Wildman–Crippen MR) is 105 cm³/mol. The van der Waals surface area contributed by atoms with Crippen LogP contribution < -0.4 is 4.74 Å². The Hall–Kier alpha value is -3.35.